The van der Waals surface area contributed by atoms with Crippen LogP contribution in [0.2, 0.25) is 0 Å². The van der Waals surface area contributed by atoms with Crippen LogP contribution in [0.3, 0.4) is 0 Å². The number of aliphatic hydroxyl groups excluding tert-OH is 1. The maximum Gasteiger partial charge on any atom is 0.0541 e. The molecule has 0 bridgehead atoms. The topological polar surface area (TPSA) is 32.3 Å². The summed E-state index contributed by atoms with van der Waals surface area (Å²) in [6, 6.07) is 5.16. The maximum absolute atomic E-state index is 9.50. The van der Waals surface area contributed by atoms with Crippen molar-refractivity contribution < 1.29 is 5.11 Å². The molecule has 0 amide bonds. The van der Waals surface area contributed by atoms with E-state index in [0.29, 0.717) is 6.04 Å². The van der Waals surface area contributed by atoms with Gasteiger partial charge in [0, 0.05) is 6.04 Å². The highest BCUT2D eigenvalue weighted by atomic mass is 16.3. The summed E-state index contributed by atoms with van der Waals surface area (Å²) < 4.78 is 0. The number of hydrogen-bond acceptors (Lipinski definition) is 2. The Morgan fingerprint density at radius 2 is 1.63 bits per heavy atom. The molecular formula is C17H27NO. The predicted molar refractivity (Wildman–Crippen MR) is 80.6 cm³/mol. The van der Waals surface area contributed by atoms with Crippen molar-refractivity contribution in [1.82, 2.24) is 5.32 Å². The standard InChI is InChI=1S/C17H27NO/c1-12-10-13(2)17(14(3)11-12)8-9-18-15-4-6-16(19)7-5-15/h10-11,15-16,18-19H,4-9H2,1-3H3. The van der Waals surface area contributed by atoms with Gasteiger partial charge >= 0.3 is 0 Å². The van der Waals surface area contributed by atoms with E-state index in [9.17, 15) is 5.11 Å². The van der Waals surface area contributed by atoms with Gasteiger partial charge in [-0.05, 0) is 76.1 Å². The number of hydrogen-bond donors (Lipinski definition) is 2. The van der Waals surface area contributed by atoms with E-state index in [0.717, 1.165) is 38.6 Å². The fourth-order valence-electron chi connectivity index (χ4n) is 3.29. The van der Waals surface area contributed by atoms with Crippen LogP contribution in [-0.4, -0.2) is 23.8 Å². The summed E-state index contributed by atoms with van der Waals surface area (Å²) in [4.78, 5) is 0. The smallest absolute Gasteiger partial charge is 0.0541 e. The zero-order valence-corrected chi connectivity index (χ0v) is 12.5. The van der Waals surface area contributed by atoms with Gasteiger partial charge in [0.25, 0.3) is 0 Å². The summed E-state index contributed by atoms with van der Waals surface area (Å²) in [5.74, 6) is 0. The SMILES string of the molecule is Cc1cc(C)c(CCNC2CCC(O)CC2)c(C)c1. The quantitative estimate of drug-likeness (QED) is 0.873. The summed E-state index contributed by atoms with van der Waals surface area (Å²) in [5, 5.41) is 13.1. The molecule has 0 spiro atoms. The van der Waals surface area contributed by atoms with Crippen molar-refractivity contribution in [3.05, 3.63) is 34.4 Å². The lowest BCUT2D eigenvalue weighted by molar-refractivity contribution is 0.117. The number of nitrogens with one attached hydrogen (secondary N) is 1. The fourth-order valence-corrected chi connectivity index (χ4v) is 3.29. The van der Waals surface area contributed by atoms with Crippen LogP contribution in [0.1, 0.15) is 47.9 Å². The number of benzene rings is 1. The molecule has 0 aromatic heterocycles. The summed E-state index contributed by atoms with van der Waals surface area (Å²) in [5.41, 5.74) is 5.68. The molecule has 19 heavy (non-hydrogen) atoms. The van der Waals surface area contributed by atoms with E-state index >= 15 is 0 Å². The second-order valence-corrected chi connectivity index (χ2v) is 6.09. The van der Waals surface area contributed by atoms with Crippen LogP contribution < -0.4 is 5.32 Å². The molecule has 2 nitrogen and oxygen atoms in total. The molecule has 2 heteroatoms. The average molecular weight is 261 g/mol. The Morgan fingerprint density at radius 1 is 1.05 bits per heavy atom. The normalized spacial score (nSPS) is 23.6. The van der Waals surface area contributed by atoms with E-state index in [-0.39, 0.29) is 6.10 Å². The fraction of sp³-hybridized carbons (Fsp3) is 0.647. The Balaban J connectivity index is 1.83. The minimum Gasteiger partial charge on any atom is -0.393 e. The third kappa shape index (κ3) is 4.05. The first-order valence-corrected chi connectivity index (χ1v) is 7.54. The lowest BCUT2D eigenvalue weighted by atomic mass is 9.92. The third-order valence-electron chi connectivity index (χ3n) is 4.35. The van der Waals surface area contributed by atoms with Crippen LogP contribution in [-0.2, 0) is 6.42 Å². The second kappa shape index (κ2) is 6.53. The first kappa shape index (κ1) is 14.5. The lowest BCUT2D eigenvalue weighted by Gasteiger charge is -2.26. The summed E-state index contributed by atoms with van der Waals surface area (Å²) in [6.07, 6.45) is 5.21. The number of aryl methyl sites for hydroxylation is 3. The average Bonchev–Trinajstić information content (AvgIpc) is 2.34. The second-order valence-electron chi connectivity index (χ2n) is 6.09. The summed E-state index contributed by atoms with van der Waals surface area (Å²) >= 11 is 0. The van der Waals surface area contributed by atoms with E-state index in [1.54, 1.807) is 0 Å². The first-order chi connectivity index (χ1) is 9.06. The minimum absolute atomic E-state index is 0.0559. The van der Waals surface area contributed by atoms with Gasteiger partial charge in [-0.25, -0.2) is 0 Å². The van der Waals surface area contributed by atoms with Gasteiger partial charge in [-0.2, -0.15) is 0 Å². The van der Waals surface area contributed by atoms with Crippen LogP contribution in [0.5, 0.6) is 0 Å². The summed E-state index contributed by atoms with van der Waals surface area (Å²) in [6.45, 7) is 7.64. The van der Waals surface area contributed by atoms with E-state index in [4.69, 9.17) is 0 Å². The Labute approximate surface area is 117 Å². The Hall–Kier alpha value is -0.860. The molecule has 0 saturated heterocycles. The van der Waals surface area contributed by atoms with Crippen molar-refractivity contribution >= 4 is 0 Å². The maximum atomic E-state index is 9.50. The first-order valence-electron chi connectivity index (χ1n) is 7.54. The molecule has 0 unspecified atom stereocenters. The summed E-state index contributed by atoms with van der Waals surface area (Å²) in [7, 11) is 0. The number of rotatable bonds is 4. The third-order valence-corrected chi connectivity index (χ3v) is 4.35. The molecule has 2 N–H and O–H groups in total. The van der Waals surface area contributed by atoms with Gasteiger partial charge in [0.2, 0.25) is 0 Å². The molecule has 0 aliphatic heterocycles. The van der Waals surface area contributed by atoms with Crippen molar-refractivity contribution in [3.8, 4) is 0 Å². The van der Waals surface area contributed by atoms with Gasteiger partial charge in [0.1, 0.15) is 0 Å². The molecule has 1 saturated carbocycles. The van der Waals surface area contributed by atoms with E-state index in [1.807, 2.05) is 0 Å². The largest absolute Gasteiger partial charge is 0.393 e. The molecule has 0 radical (unpaired) electrons. The number of aliphatic hydroxyl groups is 1. The van der Waals surface area contributed by atoms with Gasteiger partial charge in [0.05, 0.1) is 6.10 Å². The van der Waals surface area contributed by atoms with Crippen molar-refractivity contribution in [2.75, 3.05) is 6.54 Å². The van der Waals surface area contributed by atoms with Crippen LogP contribution in [0, 0.1) is 20.8 Å². The molecule has 1 aliphatic carbocycles. The Morgan fingerprint density at radius 3 is 2.21 bits per heavy atom. The van der Waals surface area contributed by atoms with Crippen LogP contribution >= 0.6 is 0 Å². The van der Waals surface area contributed by atoms with Gasteiger partial charge < -0.3 is 10.4 Å². The van der Waals surface area contributed by atoms with Gasteiger partial charge in [-0.1, -0.05) is 17.7 Å². The molecule has 0 heterocycles. The van der Waals surface area contributed by atoms with E-state index < -0.39 is 0 Å². The van der Waals surface area contributed by atoms with Gasteiger partial charge in [-0.15, -0.1) is 0 Å². The van der Waals surface area contributed by atoms with Crippen molar-refractivity contribution in [2.24, 2.45) is 0 Å². The molecule has 1 fully saturated rings. The van der Waals surface area contributed by atoms with Gasteiger partial charge in [-0.3, -0.25) is 0 Å². The molecular weight excluding hydrogens is 234 g/mol. The zero-order chi connectivity index (χ0) is 13.8. The molecule has 2 rings (SSSR count). The molecule has 0 atom stereocenters. The van der Waals surface area contributed by atoms with Crippen LogP contribution in [0.15, 0.2) is 12.1 Å². The Kier molecular flexibility index (Phi) is 5.00. The van der Waals surface area contributed by atoms with Gasteiger partial charge in [0.15, 0.2) is 0 Å². The lowest BCUT2D eigenvalue weighted by Crippen LogP contribution is -2.35. The minimum atomic E-state index is -0.0559. The van der Waals surface area contributed by atoms with E-state index in [1.165, 1.54) is 22.3 Å². The highest BCUT2D eigenvalue weighted by molar-refractivity contribution is 5.37. The van der Waals surface area contributed by atoms with Crippen molar-refractivity contribution in [1.29, 1.82) is 0 Å². The molecule has 106 valence electrons. The molecule has 1 aromatic carbocycles. The molecule has 1 aliphatic rings. The predicted octanol–water partition coefficient (Wildman–Crippen LogP) is 3.05. The van der Waals surface area contributed by atoms with Crippen molar-refractivity contribution in [2.45, 2.75) is 65.0 Å². The monoisotopic (exact) mass is 261 g/mol. The van der Waals surface area contributed by atoms with Crippen LogP contribution in [0.25, 0.3) is 0 Å². The van der Waals surface area contributed by atoms with Crippen LogP contribution in [0.4, 0.5) is 0 Å². The molecule has 1 aromatic rings. The zero-order valence-electron chi connectivity index (χ0n) is 12.5. The highest BCUT2D eigenvalue weighted by Crippen LogP contribution is 2.19. The highest BCUT2D eigenvalue weighted by Gasteiger charge is 2.18. The Bertz CT molecular complexity index is 396. The van der Waals surface area contributed by atoms with E-state index in [2.05, 4.69) is 38.2 Å². The van der Waals surface area contributed by atoms with Crippen molar-refractivity contribution in [3.63, 3.8) is 0 Å².